The Morgan fingerprint density at radius 3 is 0.962 bits per heavy atom. The molecule has 380 valence electrons. The van der Waals surface area contributed by atoms with E-state index in [2.05, 4.69) is 308 Å². The van der Waals surface area contributed by atoms with Crippen LogP contribution in [-0.2, 0) is 0 Å². The zero-order chi connectivity index (χ0) is 53.6. The predicted molar refractivity (Wildman–Crippen MR) is 337 cm³/mol. The lowest BCUT2D eigenvalue weighted by atomic mass is 9.90. The zero-order valence-corrected chi connectivity index (χ0v) is 46.1. The summed E-state index contributed by atoms with van der Waals surface area (Å²) in [7, 11) is 0. The Morgan fingerprint density at radius 1 is 0.256 bits per heavy atom. The van der Waals surface area contributed by atoms with Crippen molar-refractivity contribution in [1.29, 1.82) is 0 Å². The van der Waals surface area contributed by atoms with Gasteiger partial charge in [0.15, 0.2) is 0 Å². The average Bonchev–Trinajstić information content (AvgIpc) is 3.66. The molecule has 0 amide bonds. The Morgan fingerprint density at radius 2 is 0.603 bits per heavy atom. The quantitative estimate of drug-likeness (QED) is 0.113. The highest BCUT2D eigenvalue weighted by Gasteiger charge is 2.25. The highest BCUT2D eigenvalue weighted by Crippen LogP contribution is 2.50. The maximum atomic E-state index is 2.52. The summed E-state index contributed by atoms with van der Waals surface area (Å²) in [5.74, 6) is 0.888. The summed E-state index contributed by atoms with van der Waals surface area (Å²) in [6, 6.07) is 91.0. The minimum absolute atomic E-state index is 0.444. The lowest BCUT2D eigenvalue weighted by Gasteiger charge is -2.32. The van der Waals surface area contributed by atoms with Crippen molar-refractivity contribution in [3.8, 4) is 44.5 Å². The van der Waals surface area contributed by atoms with Gasteiger partial charge < -0.3 is 9.80 Å². The van der Waals surface area contributed by atoms with Crippen molar-refractivity contribution in [2.75, 3.05) is 9.80 Å². The SMILES string of the molecule is Cc1ccc(N(c2ccc(-c3ccccc3)c(-c3ccc(C(C)C)cc3)c2)c2cc3c4ccccc4c(N(c4ccc(-c5ccccc5)c(-c5ccc(C(C)C)cc5)c4)c4ccc(C)cc4C)cc3c3ccccc23)c(C)c1. The highest BCUT2D eigenvalue weighted by molar-refractivity contribution is 6.24. The maximum Gasteiger partial charge on any atom is 0.0546 e. The fourth-order valence-corrected chi connectivity index (χ4v) is 11.9. The van der Waals surface area contributed by atoms with Gasteiger partial charge in [0.05, 0.1) is 11.4 Å². The Kier molecular flexibility index (Phi) is 13.3. The van der Waals surface area contributed by atoms with E-state index in [9.17, 15) is 0 Å². The van der Waals surface area contributed by atoms with Crippen LogP contribution in [-0.4, -0.2) is 0 Å². The smallest absolute Gasteiger partial charge is 0.0546 e. The first kappa shape index (κ1) is 49.9. The molecule has 0 spiro atoms. The molecular weight excluding hydrogens is 941 g/mol. The molecule has 0 unspecified atom stereocenters. The number of anilines is 6. The fraction of sp³-hybridized carbons (Fsp3) is 0.132. The monoisotopic (exact) mass is 1010 g/mol. The lowest BCUT2D eigenvalue weighted by molar-refractivity contribution is 0.867. The predicted octanol–water partition coefficient (Wildman–Crippen LogP) is 22.2. The fourth-order valence-electron chi connectivity index (χ4n) is 11.9. The number of fused-ring (bicyclic) bond motifs is 5. The summed E-state index contributed by atoms with van der Waals surface area (Å²) in [4.78, 5) is 5.04. The van der Waals surface area contributed by atoms with Crippen LogP contribution in [0.2, 0.25) is 0 Å². The van der Waals surface area contributed by atoms with Crippen LogP contribution >= 0.6 is 0 Å². The summed E-state index contributed by atoms with van der Waals surface area (Å²) >= 11 is 0. The van der Waals surface area contributed by atoms with Crippen LogP contribution in [0.1, 0.15) is 72.9 Å². The van der Waals surface area contributed by atoms with Crippen LogP contribution in [0.25, 0.3) is 76.8 Å². The molecule has 0 aliphatic rings. The molecule has 12 aromatic carbocycles. The van der Waals surface area contributed by atoms with Gasteiger partial charge in [0.2, 0.25) is 0 Å². The molecule has 0 aromatic heterocycles. The van der Waals surface area contributed by atoms with Gasteiger partial charge in [0.25, 0.3) is 0 Å². The van der Waals surface area contributed by atoms with Crippen molar-refractivity contribution >= 4 is 66.4 Å². The van der Waals surface area contributed by atoms with Crippen molar-refractivity contribution < 1.29 is 0 Å². The molecular formula is C76H66N2. The van der Waals surface area contributed by atoms with Crippen LogP contribution in [0.5, 0.6) is 0 Å². The van der Waals surface area contributed by atoms with Crippen molar-refractivity contribution in [3.63, 3.8) is 0 Å². The first-order valence-corrected chi connectivity index (χ1v) is 27.7. The first-order chi connectivity index (χ1) is 38.0. The van der Waals surface area contributed by atoms with Crippen molar-refractivity contribution in [3.05, 3.63) is 276 Å². The van der Waals surface area contributed by atoms with Crippen LogP contribution in [0.4, 0.5) is 34.1 Å². The molecule has 0 N–H and O–H groups in total. The van der Waals surface area contributed by atoms with Gasteiger partial charge in [-0.3, -0.25) is 0 Å². The second kappa shape index (κ2) is 20.9. The van der Waals surface area contributed by atoms with Crippen LogP contribution in [0.3, 0.4) is 0 Å². The zero-order valence-electron chi connectivity index (χ0n) is 46.1. The Balaban J connectivity index is 1.12. The molecule has 0 radical (unpaired) electrons. The molecule has 2 heteroatoms. The van der Waals surface area contributed by atoms with Crippen molar-refractivity contribution in [2.24, 2.45) is 0 Å². The van der Waals surface area contributed by atoms with E-state index in [4.69, 9.17) is 0 Å². The third-order valence-corrected chi connectivity index (χ3v) is 16.0. The summed E-state index contributed by atoms with van der Waals surface area (Å²) in [6.07, 6.45) is 0. The minimum atomic E-state index is 0.444. The van der Waals surface area contributed by atoms with E-state index in [0.717, 1.165) is 34.1 Å². The molecule has 0 aliphatic heterocycles. The number of hydrogen-bond donors (Lipinski definition) is 0. The Hall–Kier alpha value is -8.98. The molecule has 0 saturated heterocycles. The highest BCUT2D eigenvalue weighted by atomic mass is 15.2. The average molecular weight is 1010 g/mol. The first-order valence-electron chi connectivity index (χ1n) is 27.7. The number of rotatable bonds is 12. The van der Waals surface area contributed by atoms with E-state index < -0.39 is 0 Å². The van der Waals surface area contributed by atoms with Gasteiger partial charge in [-0.25, -0.2) is 0 Å². The second-order valence-electron chi connectivity index (χ2n) is 22.0. The molecule has 0 heterocycles. The third kappa shape index (κ3) is 9.32. The summed E-state index contributed by atoms with van der Waals surface area (Å²) < 4.78 is 0. The lowest BCUT2D eigenvalue weighted by Crippen LogP contribution is -2.13. The third-order valence-electron chi connectivity index (χ3n) is 16.0. The Bertz CT molecular complexity index is 3900. The molecule has 0 saturated carbocycles. The number of hydrogen-bond acceptors (Lipinski definition) is 2. The number of aryl methyl sites for hydroxylation is 4. The molecule has 0 fully saturated rings. The van der Waals surface area contributed by atoms with Gasteiger partial charge in [0.1, 0.15) is 0 Å². The van der Waals surface area contributed by atoms with E-state index in [1.165, 1.54) is 110 Å². The standard InChI is InChI=1S/C76H66N2/c1-49(2)55-29-33-59(34-30-55)69-45-61(37-39-63(69)57-19-11-9-12-20-57)77(73-41-27-51(5)43-53(73)7)75-47-71-66-24-16-18-26-68(66)76(48-72(71)65-23-15-17-25-67(65)75)78(74-42-28-52(6)44-54(74)8)62-38-40-64(58-21-13-10-14-22-58)70(46-62)60-35-31-56(32-36-60)50(3)4/h9-50H,1-8H3. The second-order valence-corrected chi connectivity index (χ2v) is 22.0. The van der Waals surface area contributed by atoms with Gasteiger partial charge in [-0.15, -0.1) is 0 Å². The van der Waals surface area contributed by atoms with Crippen LogP contribution in [0.15, 0.2) is 243 Å². The number of nitrogens with zero attached hydrogens (tertiary/aromatic N) is 2. The molecule has 12 aromatic rings. The van der Waals surface area contributed by atoms with Gasteiger partial charge in [-0.2, -0.15) is 0 Å². The molecule has 2 nitrogen and oxygen atoms in total. The normalized spacial score (nSPS) is 11.6. The molecule has 0 atom stereocenters. The summed E-state index contributed by atoms with van der Waals surface area (Å²) in [5.41, 5.74) is 23.9. The summed E-state index contributed by atoms with van der Waals surface area (Å²) in [6.45, 7) is 17.9. The largest absolute Gasteiger partial charge is 0.310 e. The topological polar surface area (TPSA) is 6.48 Å². The van der Waals surface area contributed by atoms with E-state index >= 15 is 0 Å². The van der Waals surface area contributed by atoms with E-state index in [1.54, 1.807) is 0 Å². The van der Waals surface area contributed by atoms with Crippen molar-refractivity contribution in [2.45, 2.75) is 67.2 Å². The van der Waals surface area contributed by atoms with Crippen molar-refractivity contribution in [1.82, 2.24) is 0 Å². The van der Waals surface area contributed by atoms with E-state index in [1.807, 2.05) is 0 Å². The number of benzene rings is 12. The molecule has 0 bridgehead atoms. The molecule has 12 rings (SSSR count). The van der Waals surface area contributed by atoms with Gasteiger partial charge in [-0.1, -0.05) is 233 Å². The summed E-state index contributed by atoms with van der Waals surface area (Å²) in [5, 5.41) is 7.16. The van der Waals surface area contributed by atoms with Gasteiger partial charge >= 0.3 is 0 Å². The molecule has 0 aliphatic carbocycles. The Labute approximate surface area is 461 Å². The minimum Gasteiger partial charge on any atom is -0.310 e. The van der Waals surface area contributed by atoms with E-state index in [0.29, 0.717) is 11.8 Å². The molecule has 78 heavy (non-hydrogen) atoms. The van der Waals surface area contributed by atoms with Gasteiger partial charge in [0, 0.05) is 33.5 Å². The van der Waals surface area contributed by atoms with Crippen LogP contribution in [0, 0.1) is 27.7 Å². The maximum absolute atomic E-state index is 2.52. The van der Waals surface area contributed by atoms with E-state index in [-0.39, 0.29) is 0 Å². The van der Waals surface area contributed by atoms with Gasteiger partial charge in [-0.05, 0) is 176 Å². The van der Waals surface area contributed by atoms with Crippen LogP contribution < -0.4 is 9.80 Å².